The van der Waals surface area contributed by atoms with Gasteiger partial charge in [-0.2, -0.15) is 0 Å². The highest BCUT2D eigenvalue weighted by molar-refractivity contribution is 5.77. The van der Waals surface area contributed by atoms with Crippen LogP contribution < -0.4 is 9.64 Å². The number of benzene rings is 1. The lowest BCUT2D eigenvalue weighted by molar-refractivity contribution is -0.168. The van der Waals surface area contributed by atoms with Crippen molar-refractivity contribution in [3.05, 3.63) is 24.3 Å². The quantitative estimate of drug-likeness (QED) is 0.529. The maximum Gasteiger partial charge on any atom is 0.311 e. The zero-order valence-electron chi connectivity index (χ0n) is 19.6. The van der Waals surface area contributed by atoms with E-state index >= 15 is 0 Å². The van der Waals surface area contributed by atoms with Crippen LogP contribution in [0.3, 0.4) is 0 Å². The maximum absolute atomic E-state index is 13.3. The summed E-state index contributed by atoms with van der Waals surface area (Å²) in [6.45, 7) is 9.32. The Morgan fingerprint density at radius 1 is 1.06 bits per heavy atom. The number of fused-ring (bicyclic) bond motifs is 1. The molecule has 7 atom stereocenters. The van der Waals surface area contributed by atoms with E-state index in [1.807, 2.05) is 12.1 Å². The molecule has 1 aromatic rings. The van der Waals surface area contributed by atoms with Gasteiger partial charge in [-0.1, -0.05) is 6.92 Å². The van der Waals surface area contributed by atoms with Crippen LogP contribution in [0.15, 0.2) is 24.3 Å². The minimum absolute atomic E-state index is 0.0101. The molecule has 2 saturated carbocycles. The van der Waals surface area contributed by atoms with E-state index in [9.17, 15) is 4.79 Å². The van der Waals surface area contributed by atoms with Gasteiger partial charge in [0, 0.05) is 50.2 Å². The number of carbonyl (C=O) groups excluding carboxylic acids is 1. The van der Waals surface area contributed by atoms with Gasteiger partial charge in [0.15, 0.2) is 0 Å². The Bertz CT molecular complexity index is 882. The van der Waals surface area contributed by atoms with Gasteiger partial charge < -0.3 is 19.1 Å². The number of piperazine rings is 1. The first-order valence-corrected chi connectivity index (χ1v) is 12.5. The van der Waals surface area contributed by atoms with E-state index in [0.29, 0.717) is 17.8 Å². The number of anilines is 1. The molecule has 0 radical (unpaired) electrons. The van der Waals surface area contributed by atoms with Gasteiger partial charge in [-0.3, -0.25) is 9.69 Å². The second kappa shape index (κ2) is 7.36. The first-order chi connectivity index (χ1) is 15.4. The van der Waals surface area contributed by atoms with Gasteiger partial charge in [0.25, 0.3) is 0 Å². The van der Waals surface area contributed by atoms with Gasteiger partial charge in [0.05, 0.1) is 18.6 Å². The number of carbonyl (C=O) groups is 1. The number of hydrogen-bond donors (Lipinski definition) is 0. The molecule has 3 aliphatic heterocycles. The molecule has 0 unspecified atom stereocenters. The van der Waals surface area contributed by atoms with E-state index in [1.54, 1.807) is 7.11 Å². The van der Waals surface area contributed by atoms with Crippen molar-refractivity contribution in [3.8, 4) is 5.75 Å². The van der Waals surface area contributed by atoms with Gasteiger partial charge in [0.1, 0.15) is 17.5 Å². The lowest BCUT2D eigenvalue weighted by Crippen LogP contribution is -2.58. The molecule has 0 bridgehead atoms. The van der Waals surface area contributed by atoms with Crippen molar-refractivity contribution in [2.45, 2.75) is 56.8 Å². The zero-order valence-corrected chi connectivity index (χ0v) is 19.6. The topological polar surface area (TPSA) is 54.5 Å². The first-order valence-electron chi connectivity index (χ1n) is 12.5. The molecule has 0 N–H and O–H groups in total. The molecule has 3 heterocycles. The van der Waals surface area contributed by atoms with Crippen LogP contribution in [0.2, 0.25) is 0 Å². The lowest BCUT2D eigenvalue weighted by Gasteiger charge is -2.50. The van der Waals surface area contributed by atoms with Crippen LogP contribution in [0.25, 0.3) is 0 Å². The third kappa shape index (κ3) is 3.02. The average Bonchev–Trinajstić information content (AvgIpc) is 3.44. The standard InChI is InChI=1S/C26H36N2O4/c1-17-4-9-22-20(23(29)31-26(22)21(17)10-11-25(2)24(26)32-25)16-27-12-14-28(15-13-27)18-5-7-19(30-3)8-6-18/h5-8,17,20-22,24H,4,9-16H2,1-3H3/t17-,20-,21+,22+,24-,25-,26-/m0/s1. The Kier molecular flexibility index (Phi) is 4.78. The second-order valence-electron chi connectivity index (χ2n) is 11.0. The highest BCUT2D eigenvalue weighted by Crippen LogP contribution is 2.66. The maximum atomic E-state index is 13.3. The minimum atomic E-state index is -0.364. The smallest absolute Gasteiger partial charge is 0.311 e. The normalized spacial score (nSPS) is 43.2. The fraction of sp³-hybridized carbons (Fsp3) is 0.731. The molecular weight excluding hydrogens is 404 g/mol. The van der Waals surface area contributed by atoms with Crippen LogP contribution in [0.4, 0.5) is 5.69 Å². The summed E-state index contributed by atoms with van der Waals surface area (Å²) in [4.78, 5) is 18.2. The molecule has 3 saturated heterocycles. The molecular formula is C26H36N2O4. The van der Waals surface area contributed by atoms with E-state index in [0.717, 1.165) is 57.7 Å². The van der Waals surface area contributed by atoms with Crippen molar-refractivity contribution in [3.63, 3.8) is 0 Å². The van der Waals surface area contributed by atoms with Crippen molar-refractivity contribution in [2.75, 3.05) is 44.7 Å². The predicted octanol–water partition coefficient (Wildman–Crippen LogP) is 3.34. The Balaban J connectivity index is 1.14. The summed E-state index contributed by atoms with van der Waals surface area (Å²) < 4.78 is 17.9. The minimum Gasteiger partial charge on any atom is -0.497 e. The summed E-state index contributed by atoms with van der Waals surface area (Å²) in [6, 6.07) is 8.30. The number of esters is 1. The van der Waals surface area contributed by atoms with Gasteiger partial charge in [-0.05, 0) is 62.8 Å². The van der Waals surface area contributed by atoms with Crippen LogP contribution in [-0.2, 0) is 14.3 Å². The van der Waals surface area contributed by atoms with Crippen molar-refractivity contribution in [1.82, 2.24) is 4.90 Å². The van der Waals surface area contributed by atoms with Gasteiger partial charge in [-0.15, -0.1) is 0 Å². The van der Waals surface area contributed by atoms with E-state index in [2.05, 4.69) is 35.8 Å². The summed E-state index contributed by atoms with van der Waals surface area (Å²) in [6.07, 6.45) is 4.65. The summed E-state index contributed by atoms with van der Waals surface area (Å²) in [5.74, 6) is 2.29. The molecule has 1 spiro atoms. The summed E-state index contributed by atoms with van der Waals surface area (Å²) >= 11 is 0. The van der Waals surface area contributed by atoms with E-state index in [4.69, 9.17) is 14.2 Å². The van der Waals surface area contributed by atoms with Crippen molar-refractivity contribution >= 4 is 11.7 Å². The molecule has 1 aromatic carbocycles. The summed E-state index contributed by atoms with van der Waals surface area (Å²) in [5.41, 5.74) is 0.809. The summed E-state index contributed by atoms with van der Waals surface area (Å²) in [5, 5.41) is 0. The van der Waals surface area contributed by atoms with Gasteiger partial charge in [0.2, 0.25) is 0 Å². The monoisotopic (exact) mass is 440 g/mol. The van der Waals surface area contributed by atoms with Crippen molar-refractivity contribution in [1.29, 1.82) is 0 Å². The molecule has 0 aromatic heterocycles. The molecule has 174 valence electrons. The number of methoxy groups -OCH3 is 1. The Hall–Kier alpha value is -1.79. The second-order valence-corrected chi connectivity index (χ2v) is 11.0. The lowest BCUT2D eigenvalue weighted by atomic mass is 9.55. The third-order valence-electron chi connectivity index (χ3n) is 9.36. The Labute approximate surface area is 191 Å². The SMILES string of the molecule is COc1ccc(N2CCN(C[C@@H]3C(=O)O[C@]45[C@@H]3CC[C@H](C)[C@H]4CC[C@]3(C)O[C@H]53)CC2)cc1. The van der Waals surface area contributed by atoms with Gasteiger partial charge in [-0.25, -0.2) is 0 Å². The van der Waals surface area contributed by atoms with Crippen LogP contribution in [0, 0.1) is 23.7 Å². The predicted molar refractivity (Wildman–Crippen MR) is 122 cm³/mol. The number of rotatable bonds is 4. The van der Waals surface area contributed by atoms with Crippen molar-refractivity contribution < 1.29 is 19.0 Å². The molecule has 6 heteroatoms. The van der Waals surface area contributed by atoms with E-state index < -0.39 is 0 Å². The fourth-order valence-corrected chi connectivity index (χ4v) is 7.52. The molecule has 6 nitrogen and oxygen atoms in total. The van der Waals surface area contributed by atoms with Gasteiger partial charge >= 0.3 is 5.97 Å². The number of ether oxygens (including phenoxy) is 3. The fourth-order valence-electron chi connectivity index (χ4n) is 7.52. The van der Waals surface area contributed by atoms with Crippen molar-refractivity contribution in [2.24, 2.45) is 23.7 Å². The highest BCUT2D eigenvalue weighted by Gasteiger charge is 2.77. The number of epoxide rings is 1. The number of hydrogen-bond acceptors (Lipinski definition) is 6. The molecule has 6 rings (SSSR count). The third-order valence-corrected chi connectivity index (χ3v) is 9.36. The van der Waals surface area contributed by atoms with Crippen LogP contribution in [-0.4, -0.2) is 68.0 Å². The number of nitrogens with zero attached hydrogens (tertiary/aromatic N) is 2. The first kappa shape index (κ1) is 20.8. The van der Waals surface area contributed by atoms with Crippen LogP contribution in [0.1, 0.15) is 39.5 Å². The average molecular weight is 441 g/mol. The summed E-state index contributed by atoms with van der Waals surface area (Å²) in [7, 11) is 1.70. The Morgan fingerprint density at radius 2 is 1.81 bits per heavy atom. The molecule has 0 amide bonds. The molecule has 5 fully saturated rings. The van der Waals surface area contributed by atoms with E-state index in [-0.39, 0.29) is 29.2 Å². The van der Waals surface area contributed by atoms with Crippen LogP contribution in [0.5, 0.6) is 5.75 Å². The largest absolute Gasteiger partial charge is 0.497 e. The molecule has 5 aliphatic rings. The zero-order chi connectivity index (χ0) is 22.1. The van der Waals surface area contributed by atoms with Crippen LogP contribution >= 0.6 is 0 Å². The molecule has 2 aliphatic carbocycles. The molecule has 32 heavy (non-hydrogen) atoms. The Morgan fingerprint density at radius 3 is 2.53 bits per heavy atom. The highest BCUT2D eigenvalue weighted by atomic mass is 16.7. The van der Waals surface area contributed by atoms with E-state index in [1.165, 1.54) is 12.1 Å².